The van der Waals surface area contributed by atoms with E-state index in [1.165, 1.54) is 6.42 Å². The number of hydrogen-bond acceptors (Lipinski definition) is 4. The molecule has 0 heterocycles. The molecule has 2 N–H and O–H groups in total. The van der Waals surface area contributed by atoms with Gasteiger partial charge in [0.05, 0.1) is 19.8 Å². The van der Waals surface area contributed by atoms with E-state index < -0.39 is 0 Å². The summed E-state index contributed by atoms with van der Waals surface area (Å²) < 4.78 is 16.2. The molecule has 0 aliphatic heterocycles. The minimum Gasteiger partial charge on any atom is -0.493 e. The van der Waals surface area contributed by atoms with Crippen LogP contribution in [0, 0.1) is 0 Å². The number of methoxy groups -OCH3 is 3. The van der Waals surface area contributed by atoms with Crippen LogP contribution in [-0.4, -0.2) is 26.9 Å². The van der Waals surface area contributed by atoms with Gasteiger partial charge in [0.25, 0.3) is 0 Å². The number of hydrogen-bond donors (Lipinski definition) is 1. The number of ether oxygens (including phenoxy) is 3. The van der Waals surface area contributed by atoms with E-state index in [9.17, 15) is 0 Å². The minimum absolute atomic E-state index is 0.0213. The molecule has 106 valence electrons. The molecule has 1 aromatic rings. The topological polar surface area (TPSA) is 53.7 Å². The van der Waals surface area contributed by atoms with Gasteiger partial charge in [0.2, 0.25) is 0 Å². The van der Waals surface area contributed by atoms with Gasteiger partial charge in [-0.1, -0.05) is 6.07 Å². The van der Waals surface area contributed by atoms with Crippen LogP contribution in [0.1, 0.15) is 37.3 Å². The normalized spacial score (nSPS) is 18.5. The SMILES string of the molecule is COc1ccc(C(N)CC2(OC)CCC2)cc1OC. The first kappa shape index (κ1) is 14.2. The van der Waals surface area contributed by atoms with Crippen molar-refractivity contribution in [3.8, 4) is 11.5 Å². The van der Waals surface area contributed by atoms with Crippen LogP contribution >= 0.6 is 0 Å². The van der Waals surface area contributed by atoms with Crippen LogP contribution in [0.3, 0.4) is 0 Å². The van der Waals surface area contributed by atoms with Gasteiger partial charge in [-0.3, -0.25) is 0 Å². The lowest BCUT2D eigenvalue weighted by molar-refractivity contribution is -0.0817. The second kappa shape index (κ2) is 5.80. The maximum absolute atomic E-state index is 6.30. The minimum atomic E-state index is -0.0416. The summed E-state index contributed by atoms with van der Waals surface area (Å²) in [4.78, 5) is 0. The van der Waals surface area contributed by atoms with Crippen LogP contribution < -0.4 is 15.2 Å². The fourth-order valence-corrected chi connectivity index (χ4v) is 2.66. The molecule has 1 saturated carbocycles. The highest BCUT2D eigenvalue weighted by atomic mass is 16.5. The summed E-state index contributed by atoms with van der Waals surface area (Å²) in [6, 6.07) is 5.80. The molecular weight excluding hydrogens is 242 g/mol. The third kappa shape index (κ3) is 2.85. The molecule has 1 aliphatic rings. The van der Waals surface area contributed by atoms with Crippen molar-refractivity contribution in [2.75, 3.05) is 21.3 Å². The monoisotopic (exact) mass is 265 g/mol. The van der Waals surface area contributed by atoms with Crippen molar-refractivity contribution in [1.29, 1.82) is 0 Å². The van der Waals surface area contributed by atoms with E-state index in [4.69, 9.17) is 19.9 Å². The summed E-state index contributed by atoms with van der Waals surface area (Å²) in [5.41, 5.74) is 7.34. The molecular formula is C15H23NO3. The molecule has 0 radical (unpaired) electrons. The molecule has 0 amide bonds. The Balaban J connectivity index is 2.12. The van der Waals surface area contributed by atoms with Crippen molar-refractivity contribution in [3.05, 3.63) is 23.8 Å². The Hall–Kier alpha value is -1.26. The summed E-state index contributed by atoms with van der Waals surface area (Å²) >= 11 is 0. The molecule has 1 unspecified atom stereocenters. The standard InChI is InChI=1S/C15H23NO3/c1-17-13-6-5-11(9-14(13)18-2)12(16)10-15(19-3)7-4-8-15/h5-6,9,12H,4,7-8,10,16H2,1-3H3. The molecule has 19 heavy (non-hydrogen) atoms. The highest BCUT2D eigenvalue weighted by Crippen LogP contribution is 2.42. The zero-order valence-corrected chi connectivity index (χ0v) is 11.9. The Bertz CT molecular complexity index is 424. The van der Waals surface area contributed by atoms with Gasteiger partial charge < -0.3 is 19.9 Å². The molecule has 0 aromatic heterocycles. The third-order valence-corrected chi connectivity index (χ3v) is 4.13. The van der Waals surface area contributed by atoms with E-state index in [2.05, 4.69) is 0 Å². The van der Waals surface area contributed by atoms with Crippen molar-refractivity contribution in [2.45, 2.75) is 37.3 Å². The molecule has 0 saturated heterocycles. The molecule has 1 fully saturated rings. The lowest BCUT2D eigenvalue weighted by Crippen LogP contribution is -2.41. The van der Waals surface area contributed by atoms with Crippen LogP contribution in [0.25, 0.3) is 0 Å². The molecule has 4 heteroatoms. The van der Waals surface area contributed by atoms with Crippen LogP contribution in [0.4, 0.5) is 0 Å². The maximum atomic E-state index is 6.30. The quantitative estimate of drug-likeness (QED) is 0.859. The van der Waals surface area contributed by atoms with Gasteiger partial charge in [0.1, 0.15) is 0 Å². The van der Waals surface area contributed by atoms with E-state index in [-0.39, 0.29) is 11.6 Å². The fourth-order valence-electron chi connectivity index (χ4n) is 2.66. The average Bonchev–Trinajstić information content (AvgIpc) is 2.41. The second-order valence-corrected chi connectivity index (χ2v) is 5.17. The summed E-state index contributed by atoms with van der Waals surface area (Å²) in [7, 11) is 5.04. The summed E-state index contributed by atoms with van der Waals surface area (Å²) in [5, 5.41) is 0. The highest BCUT2D eigenvalue weighted by molar-refractivity contribution is 5.43. The lowest BCUT2D eigenvalue weighted by Gasteiger charge is -2.42. The Kier molecular flexibility index (Phi) is 4.32. The van der Waals surface area contributed by atoms with Crippen molar-refractivity contribution >= 4 is 0 Å². The van der Waals surface area contributed by atoms with Crippen LogP contribution in [0.15, 0.2) is 18.2 Å². The van der Waals surface area contributed by atoms with E-state index >= 15 is 0 Å². The third-order valence-electron chi connectivity index (χ3n) is 4.13. The second-order valence-electron chi connectivity index (χ2n) is 5.17. The molecule has 0 spiro atoms. The van der Waals surface area contributed by atoms with E-state index in [1.54, 1.807) is 21.3 Å². The molecule has 1 aliphatic carbocycles. The number of rotatable bonds is 6. The Morgan fingerprint density at radius 1 is 1.16 bits per heavy atom. The van der Waals surface area contributed by atoms with Crippen molar-refractivity contribution < 1.29 is 14.2 Å². The summed E-state index contributed by atoms with van der Waals surface area (Å²) in [6.45, 7) is 0. The summed E-state index contributed by atoms with van der Waals surface area (Å²) in [6.07, 6.45) is 4.28. The van der Waals surface area contributed by atoms with Gasteiger partial charge in [0, 0.05) is 13.2 Å². The molecule has 2 rings (SSSR count). The molecule has 4 nitrogen and oxygen atoms in total. The van der Waals surface area contributed by atoms with E-state index in [0.717, 1.165) is 36.3 Å². The van der Waals surface area contributed by atoms with Gasteiger partial charge >= 0.3 is 0 Å². The van der Waals surface area contributed by atoms with Crippen molar-refractivity contribution in [1.82, 2.24) is 0 Å². The number of benzene rings is 1. The fraction of sp³-hybridized carbons (Fsp3) is 0.600. The van der Waals surface area contributed by atoms with Gasteiger partial charge in [-0.15, -0.1) is 0 Å². The van der Waals surface area contributed by atoms with Gasteiger partial charge in [-0.25, -0.2) is 0 Å². The first-order chi connectivity index (χ1) is 9.14. The average molecular weight is 265 g/mol. The van der Waals surface area contributed by atoms with E-state index in [1.807, 2.05) is 18.2 Å². The Labute approximate surface area is 114 Å². The predicted molar refractivity (Wildman–Crippen MR) is 74.7 cm³/mol. The first-order valence-electron chi connectivity index (χ1n) is 6.67. The van der Waals surface area contributed by atoms with Gasteiger partial charge in [-0.05, 0) is 43.4 Å². The van der Waals surface area contributed by atoms with Crippen LogP contribution in [0.2, 0.25) is 0 Å². The highest BCUT2D eigenvalue weighted by Gasteiger charge is 2.38. The predicted octanol–water partition coefficient (Wildman–Crippen LogP) is 2.66. The van der Waals surface area contributed by atoms with Gasteiger partial charge in [0.15, 0.2) is 11.5 Å². The first-order valence-corrected chi connectivity index (χ1v) is 6.67. The maximum Gasteiger partial charge on any atom is 0.161 e. The molecule has 1 aromatic carbocycles. The number of nitrogens with two attached hydrogens (primary N) is 1. The van der Waals surface area contributed by atoms with Crippen LogP contribution in [-0.2, 0) is 4.74 Å². The van der Waals surface area contributed by atoms with Crippen molar-refractivity contribution in [2.24, 2.45) is 5.73 Å². The van der Waals surface area contributed by atoms with E-state index in [0.29, 0.717) is 0 Å². The Morgan fingerprint density at radius 2 is 1.84 bits per heavy atom. The van der Waals surface area contributed by atoms with Gasteiger partial charge in [-0.2, -0.15) is 0 Å². The van der Waals surface area contributed by atoms with Crippen LogP contribution in [0.5, 0.6) is 11.5 Å². The Morgan fingerprint density at radius 3 is 2.32 bits per heavy atom. The molecule has 1 atom stereocenters. The smallest absolute Gasteiger partial charge is 0.161 e. The largest absolute Gasteiger partial charge is 0.493 e. The lowest BCUT2D eigenvalue weighted by atomic mass is 9.75. The summed E-state index contributed by atoms with van der Waals surface area (Å²) in [5.74, 6) is 1.44. The zero-order chi connectivity index (χ0) is 13.9. The molecule has 0 bridgehead atoms. The zero-order valence-electron chi connectivity index (χ0n) is 11.9. The van der Waals surface area contributed by atoms with Crippen molar-refractivity contribution in [3.63, 3.8) is 0 Å².